The van der Waals surface area contributed by atoms with E-state index < -0.39 is 0 Å². The van der Waals surface area contributed by atoms with E-state index in [-0.39, 0.29) is 29.7 Å². The Morgan fingerprint density at radius 3 is 1.35 bits per heavy atom. The Bertz CT molecular complexity index is 1770. The zero-order valence-electron chi connectivity index (χ0n) is 20.8. The molecule has 2 aliphatic heterocycles. The van der Waals surface area contributed by atoms with Crippen molar-refractivity contribution in [2.45, 2.75) is 39.2 Å². The summed E-state index contributed by atoms with van der Waals surface area (Å²) < 4.78 is 0. The molecule has 0 N–H and O–H groups in total. The maximum absolute atomic E-state index is 13.6. The van der Waals surface area contributed by atoms with Gasteiger partial charge in [0.25, 0.3) is 23.6 Å². The lowest BCUT2D eigenvalue weighted by atomic mass is 9.82. The maximum atomic E-state index is 13.6. The molecule has 0 fully saturated rings. The minimum absolute atomic E-state index is 0.180. The summed E-state index contributed by atoms with van der Waals surface area (Å²) >= 11 is 0. The van der Waals surface area contributed by atoms with Crippen molar-refractivity contribution >= 4 is 66.7 Å². The highest BCUT2D eigenvalue weighted by atomic mass is 16.2. The van der Waals surface area contributed by atoms with E-state index in [2.05, 4.69) is 6.92 Å². The molecule has 4 amide bonds. The SMILES string of the molecule is CCCCC(C)N1C(=O)c2ccc3c4ccc5c6c(ccc(c7ccc(c2c37)C1=O)c64)C(=O)N(C)C5=O. The molecule has 5 aromatic carbocycles. The lowest BCUT2D eigenvalue weighted by Crippen LogP contribution is -2.45. The van der Waals surface area contributed by atoms with Crippen LogP contribution in [-0.4, -0.2) is 46.5 Å². The molecular formula is C31H24N2O4. The third kappa shape index (κ3) is 2.60. The van der Waals surface area contributed by atoms with Crippen LogP contribution in [0.1, 0.15) is 74.5 Å². The highest BCUT2D eigenvalue weighted by molar-refractivity contribution is 6.41. The molecule has 2 aliphatic rings. The number of amides is 4. The van der Waals surface area contributed by atoms with Gasteiger partial charge in [-0.25, -0.2) is 0 Å². The third-order valence-corrected chi connectivity index (χ3v) is 8.29. The standard InChI is InChI=1S/C31H24N2O4/c1-4-5-6-15(2)33-30(36)22-13-9-18-16-7-11-20-26-21(29(35)32(3)28(20)34)12-8-17(24(16)26)19-10-14-23(31(33)37)27(22)25(18)19/h7-15H,4-6H2,1-3H3. The van der Waals surface area contributed by atoms with E-state index in [0.717, 1.165) is 56.5 Å². The lowest BCUT2D eigenvalue weighted by Gasteiger charge is -2.33. The normalized spacial score (nSPS) is 16.3. The second kappa shape index (κ2) is 7.35. The van der Waals surface area contributed by atoms with Gasteiger partial charge in [0, 0.05) is 46.1 Å². The summed E-state index contributed by atoms with van der Waals surface area (Å²) in [4.78, 5) is 55.8. The minimum Gasteiger partial charge on any atom is -0.277 e. The quantitative estimate of drug-likeness (QED) is 0.173. The van der Waals surface area contributed by atoms with Gasteiger partial charge in [-0.05, 0) is 69.9 Å². The van der Waals surface area contributed by atoms with Gasteiger partial charge in [-0.1, -0.05) is 44.0 Å². The van der Waals surface area contributed by atoms with Crippen molar-refractivity contribution in [2.24, 2.45) is 0 Å². The van der Waals surface area contributed by atoms with Crippen LogP contribution in [-0.2, 0) is 0 Å². The first-order chi connectivity index (χ1) is 17.8. The van der Waals surface area contributed by atoms with Crippen LogP contribution in [0.3, 0.4) is 0 Å². The molecule has 0 radical (unpaired) electrons. The average Bonchev–Trinajstić information content (AvgIpc) is 2.91. The molecule has 0 aliphatic carbocycles. The van der Waals surface area contributed by atoms with Gasteiger partial charge in [0.1, 0.15) is 0 Å². The van der Waals surface area contributed by atoms with E-state index in [4.69, 9.17) is 0 Å². The Labute approximate surface area is 212 Å². The smallest absolute Gasteiger partial charge is 0.261 e. The Morgan fingerprint density at radius 2 is 0.973 bits per heavy atom. The van der Waals surface area contributed by atoms with Crippen LogP contribution in [0, 0.1) is 0 Å². The fraction of sp³-hybridized carbons (Fsp3) is 0.226. The van der Waals surface area contributed by atoms with Gasteiger partial charge >= 0.3 is 0 Å². The number of rotatable bonds is 4. The average molecular weight is 489 g/mol. The van der Waals surface area contributed by atoms with E-state index in [1.54, 1.807) is 12.1 Å². The van der Waals surface area contributed by atoms with Gasteiger partial charge in [-0.2, -0.15) is 0 Å². The van der Waals surface area contributed by atoms with Gasteiger partial charge in [0.05, 0.1) is 0 Å². The number of fused-ring (bicyclic) bond motifs is 2. The molecule has 0 saturated carbocycles. The van der Waals surface area contributed by atoms with E-state index in [9.17, 15) is 19.2 Å². The number of unbranched alkanes of at least 4 members (excludes halogenated alkanes) is 1. The molecule has 1 unspecified atom stereocenters. The van der Waals surface area contributed by atoms with Crippen LogP contribution >= 0.6 is 0 Å². The molecule has 7 rings (SSSR count). The van der Waals surface area contributed by atoms with Crippen molar-refractivity contribution in [2.75, 3.05) is 7.05 Å². The van der Waals surface area contributed by atoms with Crippen molar-refractivity contribution in [3.63, 3.8) is 0 Å². The number of imide groups is 2. The molecular weight excluding hydrogens is 464 g/mol. The fourth-order valence-corrected chi connectivity index (χ4v) is 6.44. The fourth-order valence-electron chi connectivity index (χ4n) is 6.44. The molecule has 0 spiro atoms. The molecule has 0 aromatic heterocycles. The third-order valence-electron chi connectivity index (χ3n) is 8.29. The van der Waals surface area contributed by atoms with Crippen molar-refractivity contribution in [3.05, 3.63) is 70.8 Å². The largest absolute Gasteiger partial charge is 0.277 e. The molecule has 0 saturated heterocycles. The molecule has 0 bridgehead atoms. The number of carbonyl (C=O) groups is 4. The highest BCUT2D eigenvalue weighted by Crippen LogP contribution is 2.46. The van der Waals surface area contributed by atoms with Crippen LogP contribution in [0.2, 0.25) is 0 Å². The number of hydrogen-bond donors (Lipinski definition) is 0. The van der Waals surface area contributed by atoms with Gasteiger partial charge in [-0.3, -0.25) is 29.0 Å². The van der Waals surface area contributed by atoms with Crippen molar-refractivity contribution in [1.82, 2.24) is 9.80 Å². The maximum Gasteiger partial charge on any atom is 0.261 e. The Morgan fingerprint density at radius 1 is 0.595 bits per heavy atom. The van der Waals surface area contributed by atoms with Crippen LogP contribution in [0.25, 0.3) is 43.1 Å². The van der Waals surface area contributed by atoms with Crippen LogP contribution in [0.4, 0.5) is 0 Å². The number of nitrogens with zero attached hydrogens (tertiary/aromatic N) is 2. The summed E-state index contributed by atoms with van der Waals surface area (Å²) in [5, 5.41) is 6.70. The first-order valence-corrected chi connectivity index (χ1v) is 12.8. The number of benzene rings is 5. The zero-order valence-corrected chi connectivity index (χ0v) is 20.8. The van der Waals surface area contributed by atoms with Gasteiger partial charge in [0.2, 0.25) is 0 Å². The van der Waals surface area contributed by atoms with Crippen LogP contribution in [0.15, 0.2) is 48.5 Å². The van der Waals surface area contributed by atoms with Gasteiger partial charge in [0.15, 0.2) is 0 Å². The highest BCUT2D eigenvalue weighted by Gasteiger charge is 2.37. The summed E-state index contributed by atoms with van der Waals surface area (Å²) in [5.74, 6) is -1.13. The Balaban J connectivity index is 1.58. The second-order valence-electron chi connectivity index (χ2n) is 10.3. The zero-order chi connectivity index (χ0) is 25.7. The summed E-state index contributed by atoms with van der Waals surface area (Å²) in [7, 11) is 1.51. The first-order valence-electron chi connectivity index (χ1n) is 12.8. The monoisotopic (exact) mass is 488 g/mol. The second-order valence-corrected chi connectivity index (χ2v) is 10.3. The van der Waals surface area contributed by atoms with Crippen LogP contribution in [0.5, 0.6) is 0 Å². The van der Waals surface area contributed by atoms with Crippen molar-refractivity contribution in [3.8, 4) is 0 Å². The molecule has 182 valence electrons. The van der Waals surface area contributed by atoms with Crippen molar-refractivity contribution < 1.29 is 19.2 Å². The van der Waals surface area contributed by atoms with Gasteiger partial charge in [-0.15, -0.1) is 0 Å². The van der Waals surface area contributed by atoms with E-state index in [0.29, 0.717) is 33.0 Å². The molecule has 5 aromatic rings. The predicted molar refractivity (Wildman–Crippen MR) is 144 cm³/mol. The van der Waals surface area contributed by atoms with Crippen LogP contribution < -0.4 is 0 Å². The Hall–Kier alpha value is -4.32. The minimum atomic E-state index is -0.314. The predicted octanol–water partition coefficient (Wildman–Crippen LogP) is 6.14. The number of hydrogen-bond acceptors (Lipinski definition) is 4. The Kier molecular flexibility index (Phi) is 4.36. The van der Waals surface area contributed by atoms with E-state index in [1.165, 1.54) is 11.9 Å². The summed E-state index contributed by atoms with van der Waals surface area (Å²) in [6.45, 7) is 4.04. The molecule has 1 atom stereocenters. The number of carbonyl (C=O) groups excluding carboxylic acids is 4. The van der Waals surface area contributed by atoms with Crippen molar-refractivity contribution in [1.29, 1.82) is 0 Å². The molecule has 6 heteroatoms. The van der Waals surface area contributed by atoms with E-state index in [1.807, 2.05) is 43.3 Å². The topological polar surface area (TPSA) is 74.8 Å². The summed E-state index contributed by atoms with van der Waals surface area (Å²) in [6, 6.07) is 14.8. The molecule has 37 heavy (non-hydrogen) atoms. The molecule has 6 nitrogen and oxygen atoms in total. The molecule has 2 heterocycles. The lowest BCUT2D eigenvalue weighted by molar-refractivity contribution is 0.0541. The first kappa shape index (κ1) is 21.9. The summed E-state index contributed by atoms with van der Waals surface area (Å²) in [5.41, 5.74) is 2.10. The summed E-state index contributed by atoms with van der Waals surface area (Å²) in [6.07, 6.45) is 2.72. The van der Waals surface area contributed by atoms with Gasteiger partial charge < -0.3 is 0 Å². The van der Waals surface area contributed by atoms with E-state index >= 15 is 0 Å².